The molecule has 0 amide bonds. The van der Waals surface area contributed by atoms with E-state index in [2.05, 4.69) is 35.4 Å². The van der Waals surface area contributed by atoms with Gasteiger partial charge in [-0.25, -0.2) is 9.97 Å². The number of aromatic nitrogens is 2. The van der Waals surface area contributed by atoms with Gasteiger partial charge in [-0.1, -0.05) is 41.9 Å². The van der Waals surface area contributed by atoms with Gasteiger partial charge in [0.15, 0.2) is 0 Å². The molecule has 0 bridgehead atoms. The number of benzene rings is 1. The molecule has 83 valence electrons. The minimum atomic E-state index is 0.471. The first-order chi connectivity index (χ1) is 8.27. The van der Waals surface area contributed by atoms with Gasteiger partial charge in [-0.3, -0.25) is 0 Å². The molecule has 3 aromatic rings. The predicted molar refractivity (Wildman–Crippen MR) is 71.4 cm³/mol. The molecule has 0 unspecified atom stereocenters. The van der Waals surface area contributed by atoms with E-state index in [1.807, 2.05) is 18.2 Å². The highest BCUT2D eigenvalue weighted by Crippen LogP contribution is 2.39. The molecule has 1 radical (unpaired) electrons. The number of aryl methyl sites for hydroxylation is 1. The second-order valence-corrected chi connectivity index (χ2v) is 5.26. The monoisotopic (exact) mass is 259 g/mol. The van der Waals surface area contributed by atoms with Gasteiger partial charge in [-0.05, 0) is 12.5 Å². The van der Waals surface area contributed by atoms with Crippen LogP contribution in [-0.4, -0.2) is 9.97 Å². The van der Waals surface area contributed by atoms with Crippen molar-refractivity contribution in [1.29, 1.82) is 0 Å². The number of rotatable bonds is 1. The Labute approximate surface area is 108 Å². The van der Waals surface area contributed by atoms with Crippen LogP contribution in [0.3, 0.4) is 0 Å². The van der Waals surface area contributed by atoms with Crippen LogP contribution in [0.2, 0.25) is 5.15 Å². The van der Waals surface area contributed by atoms with Crippen LogP contribution in [0.4, 0.5) is 0 Å². The van der Waals surface area contributed by atoms with Crippen LogP contribution >= 0.6 is 22.9 Å². The Morgan fingerprint density at radius 3 is 2.71 bits per heavy atom. The van der Waals surface area contributed by atoms with Crippen LogP contribution in [0.5, 0.6) is 0 Å². The van der Waals surface area contributed by atoms with Crippen LogP contribution in [0.1, 0.15) is 4.88 Å². The molecule has 2 heterocycles. The molecule has 1 aromatic carbocycles. The molecule has 0 fully saturated rings. The molecule has 0 atom stereocenters. The Balaban J connectivity index is 2.40. The van der Waals surface area contributed by atoms with Crippen LogP contribution in [0.25, 0.3) is 21.3 Å². The number of hydrogen-bond acceptors (Lipinski definition) is 3. The van der Waals surface area contributed by atoms with Crippen molar-refractivity contribution in [3.05, 3.63) is 46.7 Å². The molecule has 0 spiro atoms. The van der Waals surface area contributed by atoms with Crippen molar-refractivity contribution in [2.75, 3.05) is 0 Å². The third-order valence-electron chi connectivity index (χ3n) is 2.63. The van der Waals surface area contributed by atoms with Crippen molar-refractivity contribution >= 4 is 33.2 Å². The average molecular weight is 260 g/mol. The summed E-state index contributed by atoms with van der Waals surface area (Å²) in [5.74, 6) is 0. The van der Waals surface area contributed by atoms with Gasteiger partial charge in [0.25, 0.3) is 0 Å². The molecule has 0 aliphatic carbocycles. The van der Waals surface area contributed by atoms with Crippen LogP contribution in [0.15, 0.2) is 30.3 Å². The fourth-order valence-electron chi connectivity index (χ4n) is 1.92. The zero-order valence-corrected chi connectivity index (χ0v) is 10.6. The number of thiophene rings is 1. The SMILES string of the molecule is Cc1sc2n[c]nc(Cl)c2c1-c1ccccc1. The molecular weight excluding hydrogens is 252 g/mol. The summed E-state index contributed by atoms with van der Waals surface area (Å²) in [4.78, 5) is 10.2. The van der Waals surface area contributed by atoms with Crippen LogP contribution in [0, 0.1) is 13.3 Å². The average Bonchev–Trinajstić information content (AvgIpc) is 2.68. The quantitative estimate of drug-likeness (QED) is 0.615. The molecule has 0 saturated heterocycles. The summed E-state index contributed by atoms with van der Waals surface area (Å²) < 4.78 is 0. The molecule has 0 aliphatic heterocycles. The van der Waals surface area contributed by atoms with E-state index in [0.29, 0.717) is 5.15 Å². The molecule has 4 heteroatoms. The minimum Gasteiger partial charge on any atom is -0.214 e. The van der Waals surface area contributed by atoms with Gasteiger partial charge in [-0.2, -0.15) is 0 Å². The molecular formula is C13H8ClN2S. The normalized spacial score (nSPS) is 10.9. The third-order valence-corrected chi connectivity index (χ3v) is 3.91. The fraction of sp³-hybridized carbons (Fsp3) is 0.0769. The molecule has 0 saturated carbocycles. The Morgan fingerprint density at radius 2 is 1.94 bits per heavy atom. The summed E-state index contributed by atoms with van der Waals surface area (Å²) in [6.07, 6.45) is 2.57. The van der Waals surface area contributed by atoms with Crippen molar-refractivity contribution in [3.8, 4) is 11.1 Å². The first-order valence-electron chi connectivity index (χ1n) is 5.15. The second kappa shape index (κ2) is 4.09. The lowest BCUT2D eigenvalue weighted by Gasteiger charge is -2.01. The molecule has 2 nitrogen and oxygen atoms in total. The van der Waals surface area contributed by atoms with E-state index in [1.54, 1.807) is 11.3 Å². The van der Waals surface area contributed by atoms with Crippen molar-refractivity contribution in [1.82, 2.24) is 9.97 Å². The highest BCUT2D eigenvalue weighted by Gasteiger charge is 2.15. The largest absolute Gasteiger partial charge is 0.214 e. The molecule has 17 heavy (non-hydrogen) atoms. The summed E-state index contributed by atoms with van der Waals surface area (Å²) in [5.41, 5.74) is 2.28. The molecule has 0 aliphatic rings. The highest BCUT2D eigenvalue weighted by molar-refractivity contribution is 7.19. The summed E-state index contributed by atoms with van der Waals surface area (Å²) >= 11 is 7.77. The lowest BCUT2D eigenvalue weighted by Crippen LogP contribution is -1.83. The lowest BCUT2D eigenvalue weighted by molar-refractivity contribution is 1.21. The van der Waals surface area contributed by atoms with Crippen LogP contribution < -0.4 is 0 Å². The van der Waals surface area contributed by atoms with Gasteiger partial charge in [0, 0.05) is 10.4 Å². The van der Waals surface area contributed by atoms with Crippen molar-refractivity contribution < 1.29 is 0 Å². The number of halogens is 1. The lowest BCUT2D eigenvalue weighted by atomic mass is 10.0. The summed E-state index contributed by atoms with van der Waals surface area (Å²) in [5, 5.41) is 1.40. The zero-order chi connectivity index (χ0) is 11.8. The van der Waals surface area contributed by atoms with E-state index in [4.69, 9.17) is 11.6 Å². The topological polar surface area (TPSA) is 25.8 Å². The maximum atomic E-state index is 6.15. The van der Waals surface area contributed by atoms with Gasteiger partial charge in [-0.15, -0.1) is 11.3 Å². The third kappa shape index (κ3) is 1.72. The van der Waals surface area contributed by atoms with E-state index in [9.17, 15) is 0 Å². The smallest absolute Gasteiger partial charge is 0.200 e. The van der Waals surface area contributed by atoms with Crippen molar-refractivity contribution in [2.24, 2.45) is 0 Å². The second-order valence-electron chi connectivity index (χ2n) is 3.69. The maximum absolute atomic E-state index is 6.15. The van der Waals surface area contributed by atoms with Gasteiger partial charge < -0.3 is 0 Å². The molecule has 2 aromatic heterocycles. The van der Waals surface area contributed by atoms with Gasteiger partial charge in [0.1, 0.15) is 9.98 Å². The van der Waals surface area contributed by atoms with E-state index in [-0.39, 0.29) is 0 Å². The number of fused-ring (bicyclic) bond motifs is 1. The van der Waals surface area contributed by atoms with E-state index in [0.717, 1.165) is 21.3 Å². The number of hydrogen-bond donors (Lipinski definition) is 0. The first kappa shape index (κ1) is 10.7. The summed E-state index contributed by atoms with van der Waals surface area (Å²) in [6.45, 7) is 2.07. The van der Waals surface area contributed by atoms with E-state index in [1.165, 1.54) is 4.88 Å². The Morgan fingerprint density at radius 1 is 1.18 bits per heavy atom. The van der Waals surface area contributed by atoms with Crippen molar-refractivity contribution in [3.63, 3.8) is 0 Å². The Hall–Kier alpha value is -1.45. The van der Waals surface area contributed by atoms with Crippen LogP contribution in [-0.2, 0) is 0 Å². The summed E-state index contributed by atoms with van der Waals surface area (Å²) in [7, 11) is 0. The standard InChI is InChI=1S/C13H8ClN2S/c1-8-10(9-5-3-2-4-6-9)11-12(14)15-7-16-13(11)17-8/h2-6H,1H3. The summed E-state index contributed by atoms with van der Waals surface area (Å²) in [6, 6.07) is 10.2. The fourth-order valence-corrected chi connectivity index (χ4v) is 3.20. The van der Waals surface area contributed by atoms with Gasteiger partial charge in [0.2, 0.25) is 6.33 Å². The maximum Gasteiger partial charge on any atom is 0.200 e. The van der Waals surface area contributed by atoms with E-state index < -0.39 is 0 Å². The number of nitrogens with zero attached hydrogens (tertiary/aromatic N) is 2. The van der Waals surface area contributed by atoms with E-state index >= 15 is 0 Å². The molecule has 3 rings (SSSR count). The molecule has 0 N–H and O–H groups in total. The zero-order valence-electron chi connectivity index (χ0n) is 9.07. The highest BCUT2D eigenvalue weighted by atomic mass is 35.5. The minimum absolute atomic E-state index is 0.471. The Bertz CT molecular complexity index is 676. The van der Waals surface area contributed by atoms with Gasteiger partial charge >= 0.3 is 0 Å². The van der Waals surface area contributed by atoms with Gasteiger partial charge in [0.05, 0.1) is 5.39 Å². The first-order valence-corrected chi connectivity index (χ1v) is 6.35. The Kier molecular flexibility index (Phi) is 2.57. The van der Waals surface area contributed by atoms with Crippen molar-refractivity contribution in [2.45, 2.75) is 6.92 Å². The predicted octanol–water partition coefficient (Wildman–Crippen LogP) is 4.12.